The number of benzene rings is 2. The van der Waals surface area contributed by atoms with E-state index in [2.05, 4.69) is 16.8 Å². The van der Waals surface area contributed by atoms with Crippen molar-refractivity contribution in [1.29, 1.82) is 5.26 Å². The van der Waals surface area contributed by atoms with Crippen LogP contribution in [0.1, 0.15) is 44.1 Å². The third-order valence-corrected chi connectivity index (χ3v) is 10.3. The summed E-state index contributed by atoms with van der Waals surface area (Å²) in [4.78, 5) is 15.5. The van der Waals surface area contributed by atoms with Crippen molar-refractivity contribution in [3.05, 3.63) is 60.2 Å². The van der Waals surface area contributed by atoms with Gasteiger partial charge in [0.05, 0.1) is 25.4 Å². The monoisotopic (exact) mass is 521 g/mol. The Morgan fingerprint density at radius 3 is 2.32 bits per heavy atom. The molecule has 1 aliphatic carbocycles. The number of nitrogens with two attached hydrogens (primary N) is 1. The molecule has 0 bridgehead atoms. The van der Waals surface area contributed by atoms with Crippen molar-refractivity contribution in [3.63, 3.8) is 0 Å². The van der Waals surface area contributed by atoms with Gasteiger partial charge in [-0.25, -0.2) is 0 Å². The van der Waals surface area contributed by atoms with Crippen molar-refractivity contribution in [3.8, 4) is 17.6 Å². The zero-order valence-corrected chi connectivity index (χ0v) is 22.2. The number of piperidine rings is 1. The topological polar surface area (TPSA) is 106 Å². The van der Waals surface area contributed by atoms with Gasteiger partial charge in [0.1, 0.15) is 16.2 Å². The molecule has 0 aromatic heterocycles. The molecule has 0 radical (unpaired) electrons. The number of ether oxygens (including phenoxy) is 2. The summed E-state index contributed by atoms with van der Waals surface area (Å²) < 4.78 is 23.8. The van der Waals surface area contributed by atoms with Gasteiger partial charge in [0.15, 0.2) is 0 Å². The van der Waals surface area contributed by atoms with Crippen molar-refractivity contribution in [1.82, 2.24) is 4.90 Å². The third kappa shape index (κ3) is 5.84. The van der Waals surface area contributed by atoms with Crippen molar-refractivity contribution in [2.24, 2.45) is 5.73 Å². The molecule has 2 aromatic carbocycles. The molecule has 37 heavy (non-hydrogen) atoms. The van der Waals surface area contributed by atoms with Crippen molar-refractivity contribution in [2.45, 2.75) is 54.2 Å². The number of hydrogen-bond donors (Lipinski definition) is 1. The lowest BCUT2D eigenvalue weighted by Crippen LogP contribution is -2.57. The van der Waals surface area contributed by atoms with E-state index in [4.69, 9.17) is 15.2 Å². The smallest absolute Gasteiger partial charge is 0.236 e. The van der Waals surface area contributed by atoms with Crippen molar-refractivity contribution >= 4 is 26.9 Å². The minimum absolute atomic E-state index is 0.466. The van der Waals surface area contributed by atoms with Gasteiger partial charge in [-0.2, -0.15) is 5.26 Å². The average Bonchev–Trinajstić information content (AvgIpc) is 3.77. The van der Waals surface area contributed by atoms with Gasteiger partial charge in [0.2, 0.25) is 5.91 Å². The molecule has 2 aliphatic rings. The van der Waals surface area contributed by atoms with Crippen molar-refractivity contribution < 1.29 is 18.5 Å². The third-order valence-electron chi connectivity index (χ3n) is 7.44. The second-order valence-corrected chi connectivity index (χ2v) is 12.3. The maximum absolute atomic E-state index is 13.9. The van der Waals surface area contributed by atoms with Crippen LogP contribution in [0.4, 0.5) is 0 Å². The number of methoxy groups -OCH3 is 1. The molecule has 4 rings (SSSR count). The Morgan fingerprint density at radius 2 is 1.78 bits per heavy atom. The van der Waals surface area contributed by atoms with Gasteiger partial charge in [-0.15, -0.1) is 0 Å². The maximum atomic E-state index is 13.9. The van der Waals surface area contributed by atoms with Crippen LogP contribution < -0.4 is 15.2 Å². The van der Waals surface area contributed by atoms with Crippen LogP contribution in [0.25, 0.3) is 5.57 Å². The van der Waals surface area contributed by atoms with E-state index in [0.717, 1.165) is 30.8 Å². The van der Waals surface area contributed by atoms with Crippen LogP contribution >= 0.6 is 0 Å². The molecule has 1 atom stereocenters. The number of carbonyl (C=O) groups excluding carboxylic acids is 1. The summed E-state index contributed by atoms with van der Waals surface area (Å²) in [5.41, 5.74) is 7.30. The molecule has 1 saturated heterocycles. The highest BCUT2D eigenvalue weighted by atomic mass is 32.2. The van der Waals surface area contributed by atoms with Crippen LogP contribution in [0.3, 0.4) is 0 Å². The van der Waals surface area contributed by atoms with Crippen LogP contribution in [-0.2, 0) is 14.3 Å². The lowest BCUT2D eigenvalue weighted by Gasteiger charge is -2.41. The zero-order valence-electron chi connectivity index (χ0n) is 21.4. The molecule has 1 amide bonds. The molecule has 8 heteroatoms. The van der Waals surface area contributed by atoms with Crippen molar-refractivity contribution in [2.75, 3.05) is 26.8 Å². The van der Waals surface area contributed by atoms with Crippen LogP contribution in [0.15, 0.2) is 59.5 Å². The number of likely N-dealkylation sites (tertiary alicyclic amines) is 1. The highest BCUT2D eigenvalue weighted by Crippen LogP contribution is 2.39. The number of unbranched alkanes of at least 4 members (excludes halogenated alkanes) is 1. The molecule has 2 aromatic rings. The summed E-state index contributed by atoms with van der Waals surface area (Å²) in [6.07, 6.45) is 6.66. The van der Waals surface area contributed by atoms with Gasteiger partial charge in [0, 0.05) is 33.5 Å². The molecular formula is C29H35N3O4S. The van der Waals surface area contributed by atoms with E-state index >= 15 is 0 Å². The van der Waals surface area contributed by atoms with Gasteiger partial charge in [-0.05, 0) is 98.5 Å². The first-order chi connectivity index (χ1) is 17.8. The SMILES string of the molecule is C=S(=O)(c1ccc(OCCC/C=C(\C#N)c2ccc(OC)cc2)cc1)C1(C(N)=O)CCN(C2CC2)CC1. The first kappa shape index (κ1) is 26.8. The number of allylic oxidation sites excluding steroid dienone is 2. The Bertz CT molecular complexity index is 1270. The van der Waals surface area contributed by atoms with Gasteiger partial charge in [-0.3, -0.25) is 9.00 Å². The minimum atomic E-state index is -2.94. The minimum Gasteiger partial charge on any atom is -0.497 e. The summed E-state index contributed by atoms with van der Waals surface area (Å²) >= 11 is 0. The normalized spacial score (nSPS) is 19.4. The van der Waals surface area contributed by atoms with Crippen LogP contribution in [0, 0.1) is 11.3 Å². The molecule has 0 spiro atoms. The highest BCUT2D eigenvalue weighted by molar-refractivity contribution is 8.02. The molecule has 196 valence electrons. The zero-order chi connectivity index (χ0) is 26.5. The fourth-order valence-corrected chi connectivity index (χ4v) is 7.12. The lowest BCUT2D eigenvalue weighted by atomic mass is 9.95. The Hall–Kier alpha value is -3.28. The van der Waals surface area contributed by atoms with E-state index in [1.807, 2.05) is 30.3 Å². The quantitative estimate of drug-likeness (QED) is 0.272. The number of rotatable bonds is 11. The average molecular weight is 522 g/mol. The number of nitriles is 1. The molecular weight excluding hydrogens is 486 g/mol. The Morgan fingerprint density at radius 1 is 1.16 bits per heavy atom. The summed E-state index contributed by atoms with van der Waals surface area (Å²) in [5, 5.41) is 9.48. The van der Waals surface area contributed by atoms with Gasteiger partial charge in [0.25, 0.3) is 0 Å². The fourth-order valence-electron chi connectivity index (χ4n) is 4.93. The molecule has 2 fully saturated rings. The summed E-state index contributed by atoms with van der Waals surface area (Å²) in [6, 6.07) is 17.3. The second-order valence-electron chi connectivity index (χ2n) is 9.72. The van der Waals surface area contributed by atoms with Crippen LogP contribution in [-0.4, -0.2) is 58.5 Å². The predicted octanol–water partition coefficient (Wildman–Crippen LogP) is 4.02. The molecule has 1 unspecified atom stereocenters. The molecule has 1 saturated carbocycles. The van der Waals surface area contributed by atoms with E-state index < -0.39 is 20.2 Å². The second kappa shape index (κ2) is 11.4. The Balaban J connectivity index is 1.32. The molecule has 2 N–H and O–H groups in total. The van der Waals surface area contributed by atoms with E-state index in [9.17, 15) is 14.3 Å². The van der Waals surface area contributed by atoms with Gasteiger partial charge in [-0.1, -0.05) is 6.08 Å². The summed E-state index contributed by atoms with van der Waals surface area (Å²) in [5.74, 6) is 4.92. The van der Waals surface area contributed by atoms with Crippen LogP contribution in [0.5, 0.6) is 11.5 Å². The maximum Gasteiger partial charge on any atom is 0.236 e. The predicted molar refractivity (Wildman–Crippen MR) is 147 cm³/mol. The first-order valence-electron chi connectivity index (χ1n) is 12.7. The van der Waals surface area contributed by atoms with Gasteiger partial charge < -0.3 is 20.1 Å². The Kier molecular flexibility index (Phi) is 8.25. The number of amides is 1. The van der Waals surface area contributed by atoms with E-state index in [0.29, 0.717) is 48.1 Å². The summed E-state index contributed by atoms with van der Waals surface area (Å²) in [7, 11) is -1.34. The number of hydrogen-bond acceptors (Lipinski definition) is 6. The fraction of sp³-hybridized carbons (Fsp3) is 0.414. The number of carbonyl (C=O) groups is 1. The lowest BCUT2D eigenvalue weighted by molar-refractivity contribution is -0.121. The molecule has 1 heterocycles. The van der Waals surface area contributed by atoms with E-state index in [1.165, 1.54) is 12.8 Å². The summed E-state index contributed by atoms with van der Waals surface area (Å²) in [6.45, 7) is 1.92. The first-order valence-corrected chi connectivity index (χ1v) is 14.4. The largest absolute Gasteiger partial charge is 0.497 e. The number of nitrogens with zero attached hydrogens (tertiary/aromatic N) is 2. The van der Waals surface area contributed by atoms with Gasteiger partial charge >= 0.3 is 0 Å². The molecule has 1 aliphatic heterocycles. The van der Waals surface area contributed by atoms with Crippen LogP contribution in [0.2, 0.25) is 0 Å². The van der Waals surface area contributed by atoms with E-state index in [-0.39, 0.29) is 0 Å². The molecule has 7 nitrogen and oxygen atoms in total. The standard InChI is InChI=1S/C29H35N3O4S/c1-35-25-10-6-22(7-11-25)23(21-30)5-3-4-20-36-26-12-14-27(15-13-26)37(2,34)29(28(31)33)16-18-32(19-17-29)24-8-9-24/h5-7,10-15,24H,2-4,8-9,16-20H2,1H3,(H2,31,33)/b23-5+. The highest BCUT2D eigenvalue weighted by Gasteiger charge is 2.49. The Labute approximate surface area is 219 Å². The van der Waals surface area contributed by atoms with E-state index in [1.54, 1.807) is 31.4 Å². The number of primary amides is 1.